The molecule has 0 fully saturated rings. The van der Waals surface area contributed by atoms with Gasteiger partial charge in [-0.2, -0.15) is 0 Å². The van der Waals surface area contributed by atoms with E-state index in [1.165, 1.54) is 12.1 Å². The van der Waals surface area contributed by atoms with Crippen LogP contribution in [0, 0.1) is 5.82 Å². The maximum atomic E-state index is 13.2. The van der Waals surface area contributed by atoms with Crippen molar-refractivity contribution in [1.29, 1.82) is 0 Å². The summed E-state index contributed by atoms with van der Waals surface area (Å²) in [4.78, 5) is 16.8. The van der Waals surface area contributed by atoms with Crippen molar-refractivity contribution in [3.05, 3.63) is 102 Å². The van der Waals surface area contributed by atoms with Crippen LogP contribution in [0.1, 0.15) is 29.0 Å². The van der Waals surface area contributed by atoms with Gasteiger partial charge in [0.05, 0.1) is 11.7 Å². The van der Waals surface area contributed by atoms with Crippen LogP contribution < -0.4 is 5.32 Å². The van der Waals surface area contributed by atoms with Gasteiger partial charge in [-0.3, -0.25) is 9.78 Å². The molecule has 4 nitrogen and oxygen atoms in total. The van der Waals surface area contributed by atoms with Crippen molar-refractivity contribution in [2.75, 3.05) is 0 Å². The van der Waals surface area contributed by atoms with Gasteiger partial charge >= 0.3 is 0 Å². The quantitative estimate of drug-likeness (QED) is 0.752. The maximum Gasteiger partial charge on any atom is 0.254 e. The van der Waals surface area contributed by atoms with Gasteiger partial charge in [0, 0.05) is 6.20 Å². The SMILES string of the molecule is O=C(N[C@H](c1ccc(F)cc1)c1ccccn1)[C@H](O)c1ccccc1. The van der Waals surface area contributed by atoms with Crippen molar-refractivity contribution in [3.63, 3.8) is 0 Å². The minimum absolute atomic E-state index is 0.362. The minimum atomic E-state index is -1.30. The van der Waals surface area contributed by atoms with Gasteiger partial charge in [-0.05, 0) is 35.4 Å². The summed E-state index contributed by atoms with van der Waals surface area (Å²) in [5.74, 6) is -0.912. The predicted molar refractivity (Wildman–Crippen MR) is 92.0 cm³/mol. The van der Waals surface area contributed by atoms with Gasteiger partial charge in [-0.25, -0.2) is 4.39 Å². The second-order valence-corrected chi connectivity index (χ2v) is 5.56. The Labute approximate surface area is 145 Å². The molecule has 1 aromatic heterocycles. The van der Waals surface area contributed by atoms with E-state index in [1.807, 2.05) is 6.07 Å². The first-order chi connectivity index (χ1) is 12.1. The number of aliphatic hydroxyl groups excluding tert-OH is 1. The number of benzene rings is 2. The topological polar surface area (TPSA) is 62.2 Å². The zero-order valence-corrected chi connectivity index (χ0v) is 13.3. The Morgan fingerprint density at radius 3 is 2.24 bits per heavy atom. The third-order valence-corrected chi connectivity index (χ3v) is 3.84. The molecule has 0 aliphatic carbocycles. The Bertz CT molecular complexity index is 823. The molecular weight excluding hydrogens is 319 g/mol. The summed E-state index contributed by atoms with van der Waals surface area (Å²) in [6.45, 7) is 0. The first-order valence-corrected chi connectivity index (χ1v) is 7.85. The van der Waals surface area contributed by atoms with E-state index in [2.05, 4.69) is 10.3 Å². The Balaban J connectivity index is 1.87. The molecule has 0 saturated heterocycles. The van der Waals surface area contributed by atoms with Gasteiger partial charge in [-0.15, -0.1) is 0 Å². The van der Waals surface area contributed by atoms with Crippen LogP contribution in [0.2, 0.25) is 0 Å². The van der Waals surface area contributed by atoms with Crippen molar-refractivity contribution in [2.24, 2.45) is 0 Å². The number of nitrogens with zero attached hydrogens (tertiary/aromatic N) is 1. The summed E-state index contributed by atoms with van der Waals surface area (Å²) in [5.41, 5.74) is 1.77. The number of hydrogen-bond acceptors (Lipinski definition) is 3. The van der Waals surface area contributed by atoms with Gasteiger partial charge in [-0.1, -0.05) is 48.5 Å². The summed E-state index contributed by atoms with van der Waals surface area (Å²) in [6, 6.07) is 19.2. The van der Waals surface area contributed by atoms with E-state index in [0.29, 0.717) is 16.8 Å². The van der Waals surface area contributed by atoms with Gasteiger partial charge in [0.1, 0.15) is 5.82 Å². The van der Waals surface area contributed by atoms with Crippen LogP contribution >= 0.6 is 0 Å². The van der Waals surface area contributed by atoms with Gasteiger partial charge < -0.3 is 10.4 Å². The number of aromatic nitrogens is 1. The molecule has 0 spiro atoms. The molecule has 126 valence electrons. The van der Waals surface area contributed by atoms with Crippen LogP contribution in [0.15, 0.2) is 79.0 Å². The van der Waals surface area contributed by atoms with Crippen molar-refractivity contribution in [1.82, 2.24) is 10.3 Å². The highest BCUT2D eigenvalue weighted by Gasteiger charge is 2.23. The minimum Gasteiger partial charge on any atom is -0.378 e. The van der Waals surface area contributed by atoms with Crippen molar-refractivity contribution >= 4 is 5.91 Å². The van der Waals surface area contributed by atoms with Crippen LogP contribution in [0.4, 0.5) is 4.39 Å². The van der Waals surface area contributed by atoms with E-state index < -0.39 is 18.1 Å². The molecule has 0 aliphatic rings. The molecule has 0 bridgehead atoms. The van der Waals surface area contributed by atoms with E-state index in [4.69, 9.17) is 0 Å². The fourth-order valence-electron chi connectivity index (χ4n) is 2.54. The average molecular weight is 336 g/mol. The third-order valence-electron chi connectivity index (χ3n) is 3.84. The molecule has 2 aromatic carbocycles. The molecule has 1 heterocycles. The number of halogens is 1. The molecule has 0 unspecified atom stereocenters. The second-order valence-electron chi connectivity index (χ2n) is 5.56. The summed E-state index contributed by atoms with van der Waals surface area (Å²) < 4.78 is 13.2. The summed E-state index contributed by atoms with van der Waals surface area (Å²) in [7, 11) is 0. The van der Waals surface area contributed by atoms with E-state index in [-0.39, 0.29) is 5.82 Å². The van der Waals surface area contributed by atoms with Crippen LogP contribution in [0.3, 0.4) is 0 Å². The number of rotatable bonds is 5. The summed E-state index contributed by atoms with van der Waals surface area (Å²) in [6.07, 6.45) is 0.318. The highest BCUT2D eigenvalue weighted by atomic mass is 19.1. The van der Waals surface area contributed by atoms with Crippen molar-refractivity contribution < 1.29 is 14.3 Å². The Morgan fingerprint density at radius 1 is 0.920 bits per heavy atom. The third kappa shape index (κ3) is 4.08. The number of carbonyl (C=O) groups excluding carboxylic acids is 1. The van der Waals surface area contributed by atoms with Crippen LogP contribution in [0.5, 0.6) is 0 Å². The van der Waals surface area contributed by atoms with Crippen LogP contribution in [-0.4, -0.2) is 16.0 Å². The van der Waals surface area contributed by atoms with Gasteiger partial charge in [0.25, 0.3) is 5.91 Å². The molecule has 2 N–H and O–H groups in total. The van der Waals surface area contributed by atoms with E-state index in [1.54, 1.807) is 60.8 Å². The smallest absolute Gasteiger partial charge is 0.254 e. The summed E-state index contributed by atoms with van der Waals surface area (Å²) >= 11 is 0. The van der Waals surface area contributed by atoms with Crippen LogP contribution in [-0.2, 0) is 4.79 Å². The Hall–Kier alpha value is -3.05. The molecule has 2 atom stereocenters. The highest BCUT2D eigenvalue weighted by Crippen LogP contribution is 2.22. The monoisotopic (exact) mass is 336 g/mol. The zero-order chi connectivity index (χ0) is 17.6. The first kappa shape index (κ1) is 16.8. The largest absolute Gasteiger partial charge is 0.378 e. The van der Waals surface area contributed by atoms with Crippen molar-refractivity contribution in [3.8, 4) is 0 Å². The fourth-order valence-corrected chi connectivity index (χ4v) is 2.54. The molecule has 0 saturated carbocycles. The fraction of sp³-hybridized carbons (Fsp3) is 0.100. The number of amides is 1. The first-order valence-electron chi connectivity index (χ1n) is 7.85. The number of nitrogens with one attached hydrogen (secondary N) is 1. The van der Waals surface area contributed by atoms with Crippen LogP contribution in [0.25, 0.3) is 0 Å². The standard InChI is InChI=1S/C20H17FN2O2/c21-16-11-9-14(10-12-16)18(17-8-4-5-13-22-17)23-20(25)19(24)15-6-2-1-3-7-15/h1-13,18-19,24H,(H,23,25)/t18-,19-/m1/s1. The molecule has 3 aromatic rings. The normalized spacial score (nSPS) is 13.0. The van der Waals surface area contributed by atoms with E-state index in [9.17, 15) is 14.3 Å². The molecule has 0 radical (unpaired) electrons. The second kappa shape index (κ2) is 7.68. The van der Waals surface area contributed by atoms with E-state index in [0.717, 1.165) is 0 Å². The molecule has 0 aliphatic heterocycles. The van der Waals surface area contributed by atoms with Gasteiger partial charge in [0.15, 0.2) is 6.10 Å². The number of pyridine rings is 1. The average Bonchev–Trinajstić information content (AvgIpc) is 2.67. The zero-order valence-electron chi connectivity index (χ0n) is 13.3. The number of carbonyl (C=O) groups is 1. The lowest BCUT2D eigenvalue weighted by atomic mass is 10.0. The van der Waals surface area contributed by atoms with E-state index >= 15 is 0 Å². The lowest BCUT2D eigenvalue weighted by Gasteiger charge is -2.21. The van der Waals surface area contributed by atoms with Gasteiger partial charge in [0.2, 0.25) is 0 Å². The molecular formula is C20H17FN2O2. The summed E-state index contributed by atoms with van der Waals surface area (Å²) in [5, 5.41) is 13.1. The Morgan fingerprint density at radius 2 is 1.60 bits per heavy atom. The number of aliphatic hydroxyl groups is 1. The molecule has 1 amide bonds. The molecule has 5 heteroatoms. The molecule has 25 heavy (non-hydrogen) atoms. The van der Waals surface area contributed by atoms with Crippen molar-refractivity contribution in [2.45, 2.75) is 12.1 Å². The highest BCUT2D eigenvalue weighted by molar-refractivity contribution is 5.82. The lowest BCUT2D eigenvalue weighted by molar-refractivity contribution is -0.130. The number of hydrogen-bond donors (Lipinski definition) is 2. The maximum absolute atomic E-state index is 13.2. The lowest BCUT2D eigenvalue weighted by Crippen LogP contribution is -2.34. The Kier molecular flexibility index (Phi) is 5.16. The molecule has 3 rings (SSSR count). The predicted octanol–water partition coefficient (Wildman–Crippen LogP) is 3.16.